The highest BCUT2D eigenvalue weighted by molar-refractivity contribution is 5.76. The molecule has 1 atom stereocenters. The molecule has 0 bridgehead atoms. The van der Waals surface area contributed by atoms with Gasteiger partial charge in [0, 0.05) is 0 Å². The van der Waals surface area contributed by atoms with E-state index in [0.29, 0.717) is 5.82 Å². The first-order valence-corrected chi connectivity index (χ1v) is 3.47. The fourth-order valence-electron chi connectivity index (χ4n) is 0.754. The van der Waals surface area contributed by atoms with Crippen molar-refractivity contribution in [2.75, 3.05) is 7.11 Å². The maximum Gasteiger partial charge on any atom is 0.316 e. The topological polar surface area (TPSA) is 69.9 Å². The van der Waals surface area contributed by atoms with Gasteiger partial charge < -0.3 is 4.74 Å². The SMILES string of the molecule is COC(=O)C(C)c1nnn(C)n1. The molecule has 0 amide bonds. The number of hydrogen-bond donors (Lipinski definition) is 0. The van der Waals surface area contributed by atoms with Crippen molar-refractivity contribution in [3.05, 3.63) is 5.82 Å². The van der Waals surface area contributed by atoms with Gasteiger partial charge in [-0.15, -0.1) is 10.2 Å². The number of methoxy groups -OCH3 is 1. The molecule has 0 N–H and O–H groups in total. The average Bonchev–Trinajstić information content (AvgIpc) is 2.49. The number of tetrazole rings is 1. The van der Waals surface area contributed by atoms with Gasteiger partial charge in [0.1, 0.15) is 5.92 Å². The van der Waals surface area contributed by atoms with Crippen LogP contribution in [-0.2, 0) is 16.6 Å². The minimum atomic E-state index is -0.455. The Kier molecular flexibility index (Phi) is 2.37. The zero-order valence-corrected chi connectivity index (χ0v) is 7.18. The van der Waals surface area contributed by atoms with Crippen molar-refractivity contribution in [1.29, 1.82) is 0 Å². The van der Waals surface area contributed by atoms with Crippen LogP contribution in [0.25, 0.3) is 0 Å². The number of carbonyl (C=O) groups excluding carboxylic acids is 1. The molecule has 1 aromatic rings. The van der Waals surface area contributed by atoms with Crippen molar-refractivity contribution in [2.45, 2.75) is 12.8 Å². The predicted octanol–water partition coefficient (Wildman–Crippen LogP) is -0.513. The molecule has 0 aliphatic carbocycles. The van der Waals surface area contributed by atoms with Gasteiger partial charge >= 0.3 is 5.97 Å². The zero-order valence-electron chi connectivity index (χ0n) is 7.18. The Bertz CT molecular complexity index is 283. The van der Waals surface area contributed by atoms with Crippen LogP contribution in [0.15, 0.2) is 0 Å². The second-order valence-corrected chi connectivity index (χ2v) is 2.38. The molecule has 6 heteroatoms. The number of hydrogen-bond acceptors (Lipinski definition) is 5. The highest BCUT2D eigenvalue weighted by Gasteiger charge is 2.20. The Morgan fingerprint density at radius 2 is 2.33 bits per heavy atom. The van der Waals surface area contributed by atoms with Gasteiger partial charge in [0.05, 0.1) is 14.2 Å². The molecule has 0 aromatic carbocycles. The molecule has 0 saturated heterocycles. The summed E-state index contributed by atoms with van der Waals surface area (Å²) in [6.45, 7) is 1.67. The largest absolute Gasteiger partial charge is 0.468 e. The van der Waals surface area contributed by atoms with E-state index in [1.54, 1.807) is 14.0 Å². The molecule has 0 fully saturated rings. The number of esters is 1. The van der Waals surface area contributed by atoms with Crippen LogP contribution in [0.5, 0.6) is 0 Å². The maximum absolute atomic E-state index is 11.0. The molecule has 1 unspecified atom stereocenters. The summed E-state index contributed by atoms with van der Waals surface area (Å²) < 4.78 is 4.52. The summed E-state index contributed by atoms with van der Waals surface area (Å²) in [5.74, 6) is -0.434. The third-order valence-corrected chi connectivity index (χ3v) is 1.47. The van der Waals surface area contributed by atoms with E-state index in [0.717, 1.165) is 0 Å². The van der Waals surface area contributed by atoms with Gasteiger partial charge in [0.2, 0.25) is 0 Å². The lowest BCUT2D eigenvalue weighted by atomic mass is 10.2. The quantitative estimate of drug-likeness (QED) is 0.559. The predicted molar refractivity (Wildman–Crippen MR) is 39.2 cm³/mol. The van der Waals surface area contributed by atoms with E-state index in [1.165, 1.54) is 11.9 Å². The standard InChI is InChI=1S/C6H10N4O2/c1-4(6(11)12-3)5-7-9-10(2)8-5/h4H,1-3H3. The van der Waals surface area contributed by atoms with E-state index in [2.05, 4.69) is 20.1 Å². The van der Waals surface area contributed by atoms with Crippen LogP contribution >= 0.6 is 0 Å². The van der Waals surface area contributed by atoms with E-state index in [9.17, 15) is 4.79 Å². The second-order valence-electron chi connectivity index (χ2n) is 2.38. The van der Waals surface area contributed by atoms with Crippen molar-refractivity contribution >= 4 is 5.97 Å². The molecule has 0 spiro atoms. The first-order valence-electron chi connectivity index (χ1n) is 3.47. The lowest BCUT2D eigenvalue weighted by molar-refractivity contribution is -0.142. The highest BCUT2D eigenvalue weighted by Crippen LogP contribution is 2.09. The number of nitrogens with zero attached hydrogens (tertiary/aromatic N) is 4. The third-order valence-electron chi connectivity index (χ3n) is 1.47. The molecule has 6 nitrogen and oxygen atoms in total. The molecular formula is C6H10N4O2. The minimum Gasteiger partial charge on any atom is -0.468 e. The first kappa shape index (κ1) is 8.63. The number of aromatic nitrogens is 4. The number of aryl methyl sites for hydroxylation is 1. The highest BCUT2D eigenvalue weighted by atomic mass is 16.5. The van der Waals surface area contributed by atoms with Crippen molar-refractivity contribution in [3.8, 4) is 0 Å². The maximum atomic E-state index is 11.0. The second kappa shape index (κ2) is 3.29. The monoisotopic (exact) mass is 170 g/mol. The molecule has 12 heavy (non-hydrogen) atoms. The summed E-state index contributed by atoms with van der Waals surface area (Å²) in [7, 11) is 2.97. The molecular weight excluding hydrogens is 160 g/mol. The van der Waals surface area contributed by atoms with Crippen LogP contribution in [0, 0.1) is 0 Å². The van der Waals surface area contributed by atoms with Crippen LogP contribution in [-0.4, -0.2) is 33.3 Å². The van der Waals surface area contributed by atoms with Crippen LogP contribution in [0.3, 0.4) is 0 Å². The van der Waals surface area contributed by atoms with Gasteiger partial charge in [-0.1, -0.05) is 0 Å². The van der Waals surface area contributed by atoms with Crippen molar-refractivity contribution < 1.29 is 9.53 Å². The Morgan fingerprint density at radius 1 is 1.67 bits per heavy atom. The fraction of sp³-hybridized carbons (Fsp3) is 0.667. The van der Waals surface area contributed by atoms with E-state index < -0.39 is 5.92 Å². The zero-order chi connectivity index (χ0) is 9.14. The summed E-state index contributed by atoms with van der Waals surface area (Å²) in [6, 6.07) is 0. The minimum absolute atomic E-state index is 0.358. The molecule has 0 saturated carbocycles. The third kappa shape index (κ3) is 1.58. The van der Waals surface area contributed by atoms with E-state index in [-0.39, 0.29) is 5.97 Å². The molecule has 0 radical (unpaired) electrons. The molecule has 66 valence electrons. The Balaban J connectivity index is 2.77. The molecule has 0 aliphatic heterocycles. The lowest BCUT2D eigenvalue weighted by Crippen LogP contribution is -2.12. The van der Waals surface area contributed by atoms with Crippen LogP contribution in [0.4, 0.5) is 0 Å². The van der Waals surface area contributed by atoms with E-state index >= 15 is 0 Å². The van der Waals surface area contributed by atoms with Crippen molar-refractivity contribution in [1.82, 2.24) is 20.2 Å². The van der Waals surface area contributed by atoms with Gasteiger partial charge in [-0.2, -0.15) is 4.80 Å². The van der Waals surface area contributed by atoms with Crippen molar-refractivity contribution in [2.24, 2.45) is 7.05 Å². The smallest absolute Gasteiger partial charge is 0.316 e. The lowest BCUT2D eigenvalue weighted by Gasteiger charge is -2.01. The average molecular weight is 170 g/mol. The van der Waals surface area contributed by atoms with E-state index in [1.807, 2.05) is 0 Å². The van der Waals surface area contributed by atoms with Crippen LogP contribution < -0.4 is 0 Å². The Labute approximate surface area is 69.5 Å². The Hall–Kier alpha value is -1.46. The molecule has 0 aliphatic rings. The van der Waals surface area contributed by atoms with Gasteiger partial charge in [-0.3, -0.25) is 4.79 Å². The summed E-state index contributed by atoms with van der Waals surface area (Å²) in [6.07, 6.45) is 0. The van der Waals surface area contributed by atoms with Gasteiger partial charge in [0.25, 0.3) is 0 Å². The fourth-order valence-corrected chi connectivity index (χ4v) is 0.754. The Morgan fingerprint density at radius 3 is 2.75 bits per heavy atom. The van der Waals surface area contributed by atoms with Gasteiger partial charge in [0.15, 0.2) is 5.82 Å². The van der Waals surface area contributed by atoms with Crippen molar-refractivity contribution in [3.63, 3.8) is 0 Å². The van der Waals surface area contributed by atoms with Gasteiger partial charge in [-0.05, 0) is 12.1 Å². The van der Waals surface area contributed by atoms with Crippen LogP contribution in [0.2, 0.25) is 0 Å². The number of carbonyl (C=O) groups is 1. The summed E-state index contributed by atoms with van der Waals surface area (Å²) in [5, 5.41) is 11.2. The summed E-state index contributed by atoms with van der Waals surface area (Å²) in [5.41, 5.74) is 0. The number of rotatable bonds is 2. The van der Waals surface area contributed by atoms with Crippen LogP contribution in [0.1, 0.15) is 18.7 Å². The normalized spacial score (nSPS) is 12.6. The molecule has 1 aromatic heterocycles. The van der Waals surface area contributed by atoms with E-state index in [4.69, 9.17) is 0 Å². The first-order chi connectivity index (χ1) is 5.65. The molecule has 1 heterocycles. The summed E-state index contributed by atoms with van der Waals surface area (Å²) in [4.78, 5) is 12.3. The van der Waals surface area contributed by atoms with Gasteiger partial charge in [-0.25, -0.2) is 0 Å². The number of ether oxygens (including phenoxy) is 1. The molecule has 1 rings (SSSR count). The summed E-state index contributed by atoms with van der Waals surface area (Å²) >= 11 is 0.